The smallest absolute Gasteiger partial charge is 0.256 e. The van der Waals surface area contributed by atoms with Gasteiger partial charge in [0.05, 0.1) is 17.9 Å². The average molecular weight is 402 g/mol. The van der Waals surface area contributed by atoms with E-state index in [0.717, 1.165) is 3.57 Å². The first-order chi connectivity index (χ1) is 9.61. The molecule has 1 amide bonds. The van der Waals surface area contributed by atoms with Gasteiger partial charge in [0.2, 0.25) is 0 Å². The van der Waals surface area contributed by atoms with Crippen LogP contribution in [0.5, 0.6) is 5.75 Å². The van der Waals surface area contributed by atoms with Crippen LogP contribution in [-0.2, 0) is 0 Å². The second kappa shape index (κ2) is 6.95. The average Bonchev–Trinajstić information content (AvgIpc) is 2.42. The fourth-order valence-corrected chi connectivity index (χ4v) is 2.52. The maximum absolute atomic E-state index is 12.3. The van der Waals surface area contributed by atoms with Gasteiger partial charge in [-0.2, -0.15) is 0 Å². The number of nitrogens with one attached hydrogen (secondary N) is 1. The Morgan fingerprint density at radius 1 is 1.30 bits per heavy atom. The number of carbonyl (C=O) groups is 1. The molecule has 1 N–H and O–H groups in total. The van der Waals surface area contributed by atoms with Crippen LogP contribution in [0.4, 0.5) is 5.69 Å². The molecule has 0 aliphatic heterocycles. The highest BCUT2D eigenvalue weighted by Gasteiger charge is 2.12. The summed E-state index contributed by atoms with van der Waals surface area (Å²) in [6.07, 6.45) is 0. The molecule has 0 atom stereocenters. The summed E-state index contributed by atoms with van der Waals surface area (Å²) in [5, 5.41) is 3.39. The molecule has 0 saturated carbocycles. The Balaban J connectivity index is 2.27. The number of halogens is 2. The summed E-state index contributed by atoms with van der Waals surface area (Å²) < 4.78 is 6.38. The molecule has 0 fully saturated rings. The molecule has 2 aromatic rings. The molecule has 0 heterocycles. The zero-order chi connectivity index (χ0) is 14.5. The standard InChI is InChI=1S/C15H13ClINO2/c1-2-20-14-8-7-10(16)9-13(14)18-15(19)11-5-3-4-6-12(11)17/h3-9H,2H2,1H3,(H,18,19). The molecule has 0 saturated heterocycles. The van der Waals surface area contributed by atoms with Crippen LogP contribution >= 0.6 is 34.2 Å². The lowest BCUT2D eigenvalue weighted by Crippen LogP contribution is -2.14. The van der Waals surface area contributed by atoms with Crippen molar-refractivity contribution in [1.29, 1.82) is 0 Å². The summed E-state index contributed by atoms with van der Waals surface area (Å²) in [4.78, 5) is 12.3. The molecule has 5 heteroatoms. The molecule has 20 heavy (non-hydrogen) atoms. The van der Waals surface area contributed by atoms with E-state index in [9.17, 15) is 4.79 Å². The topological polar surface area (TPSA) is 38.3 Å². The van der Waals surface area contributed by atoms with E-state index >= 15 is 0 Å². The number of anilines is 1. The summed E-state index contributed by atoms with van der Waals surface area (Å²) in [5.41, 5.74) is 1.19. The van der Waals surface area contributed by atoms with Crippen LogP contribution in [0.3, 0.4) is 0 Å². The number of carbonyl (C=O) groups excluding carboxylic acids is 1. The summed E-state index contributed by atoms with van der Waals surface area (Å²) in [6.45, 7) is 2.41. The number of rotatable bonds is 4. The predicted molar refractivity (Wildman–Crippen MR) is 89.7 cm³/mol. The SMILES string of the molecule is CCOc1ccc(Cl)cc1NC(=O)c1ccccc1I. The first-order valence-electron chi connectivity index (χ1n) is 6.10. The van der Waals surface area contributed by atoms with Crippen molar-refractivity contribution in [2.75, 3.05) is 11.9 Å². The lowest BCUT2D eigenvalue weighted by molar-refractivity contribution is 0.102. The molecule has 0 aliphatic carbocycles. The molecule has 0 aromatic heterocycles. The molecule has 0 unspecified atom stereocenters. The summed E-state index contributed by atoms with van der Waals surface area (Å²) >= 11 is 8.10. The fraction of sp³-hybridized carbons (Fsp3) is 0.133. The molecule has 0 bridgehead atoms. The van der Waals surface area contributed by atoms with E-state index in [1.54, 1.807) is 24.3 Å². The van der Waals surface area contributed by atoms with Gasteiger partial charge in [0.25, 0.3) is 5.91 Å². The second-order valence-corrected chi connectivity index (χ2v) is 5.61. The first-order valence-corrected chi connectivity index (χ1v) is 7.55. The quantitative estimate of drug-likeness (QED) is 0.761. The largest absolute Gasteiger partial charge is 0.492 e. The van der Waals surface area contributed by atoms with Gasteiger partial charge in [-0.25, -0.2) is 0 Å². The third-order valence-corrected chi connectivity index (χ3v) is 3.78. The molecular formula is C15H13ClINO2. The Kier molecular flexibility index (Phi) is 5.25. The lowest BCUT2D eigenvalue weighted by Gasteiger charge is -2.12. The van der Waals surface area contributed by atoms with Gasteiger partial charge >= 0.3 is 0 Å². The minimum absolute atomic E-state index is 0.182. The molecular weight excluding hydrogens is 389 g/mol. The Bertz CT molecular complexity index is 631. The molecule has 3 nitrogen and oxygen atoms in total. The normalized spacial score (nSPS) is 10.2. The van der Waals surface area contributed by atoms with Crippen LogP contribution in [0.1, 0.15) is 17.3 Å². The van der Waals surface area contributed by atoms with E-state index < -0.39 is 0 Å². The maximum Gasteiger partial charge on any atom is 0.256 e. The highest BCUT2D eigenvalue weighted by molar-refractivity contribution is 14.1. The summed E-state index contributed by atoms with van der Waals surface area (Å²) in [7, 11) is 0. The van der Waals surface area contributed by atoms with Crippen molar-refractivity contribution in [2.24, 2.45) is 0 Å². The van der Waals surface area contributed by atoms with E-state index in [2.05, 4.69) is 27.9 Å². The predicted octanol–water partition coefficient (Wildman–Crippen LogP) is 4.60. The van der Waals surface area contributed by atoms with Crippen molar-refractivity contribution in [3.63, 3.8) is 0 Å². The van der Waals surface area contributed by atoms with Crippen LogP contribution in [0.2, 0.25) is 5.02 Å². The second-order valence-electron chi connectivity index (χ2n) is 4.01. The van der Waals surface area contributed by atoms with Gasteiger partial charge in [-0.05, 0) is 59.8 Å². The van der Waals surface area contributed by atoms with Crippen molar-refractivity contribution in [3.05, 3.63) is 56.6 Å². The number of benzene rings is 2. The van der Waals surface area contributed by atoms with Crippen LogP contribution in [0.25, 0.3) is 0 Å². The number of ether oxygens (including phenoxy) is 1. The van der Waals surface area contributed by atoms with Crippen LogP contribution in [-0.4, -0.2) is 12.5 Å². The third-order valence-electron chi connectivity index (χ3n) is 2.61. The van der Waals surface area contributed by atoms with Gasteiger partial charge in [-0.15, -0.1) is 0 Å². The van der Waals surface area contributed by atoms with E-state index in [4.69, 9.17) is 16.3 Å². The molecule has 2 rings (SSSR count). The van der Waals surface area contributed by atoms with Crippen molar-refractivity contribution >= 4 is 45.8 Å². The van der Waals surface area contributed by atoms with E-state index in [1.165, 1.54) is 0 Å². The van der Waals surface area contributed by atoms with E-state index in [1.807, 2.05) is 25.1 Å². The van der Waals surface area contributed by atoms with Gasteiger partial charge in [0, 0.05) is 8.59 Å². The molecule has 2 aromatic carbocycles. The van der Waals surface area contributed by atoms with Gasteiger partial charge in [0.15, 0.2) is 0 Å². The Morgan fingerprint density at radius 2 is 2.05 bits per heavy atom. The van der Waals surface area contributed by atoms with E-state index in [-0.39, 0.29) is 5.91 Å². The zero-order valence-electron chi connectivity index (χ0n) is 10.8. The Labute approximate surface area is 136 Å². The van der Waals surface area contributed by atoms with Gasteiger partial charge in [0.1, 0.15) is 5.75 Å². The lowest BCUT2D eigenvalue weighted by atomic mass is 10.2. The van der Waals surface area contributed by atoms with Gasteiger partial charge < -0.3 is 10.1 Å². The zero-order valence-corrected chi connectivity index (χ0v) is 13.7. The summed E-state index contributed by atoms with van der Waals surface area (Å²) in [6, 6.07) is 12.5. The van der Waals surface area contributed by atoms with E-state index in [0.29, 0.717) is 28.6 Å². The van der Waals surface area contributed by atoms with Crippen molar-refractivity contribution in [1.82, 2.24) is 0 Å². The summed E-state index contributed by atoms with van der Waals surface area (Å²) in [5.74, 6) is 0.425. The monoisotopic (exact) mass is 401 g/mol. The molecule has 0 aliphatic rings. The van der Waals surface area contributed by atoms with Crippen molar-refractivity contribution < 1.29 is 9.53 Å². The van der Waals surface area contributed by atoms with Crippen LogP contribution in [0, 0.1) is 3.57 Å². The van der Waals surface area contributed by atoms with Crippen molar-refractivity contribution in [2.45, 2.75) is 6.92 Å². The molecule has 104 valence electrons. The fourth-order valence-electron chi connectivity index (χ4n) is 1.72. The maximum atomic E-state index is 12.3. The highest BCUT2D eigenvalue weighted by atomic mass is 127. The Morgan fingerprint density at radius 3 is 2.75 bits per heavy atom. The highest BCUT2D eigenvalue weighted by Crippen LogP contribution is 2.28. The number of hydrogen-bond acceptors (Lipinski definition) is 2. The minimum Gasteiger partial charge on any atom is -0.492 e. The van der Waals surface area contributed by atoms with Gasteiger partial charge in [-0.3, -0.25) is 4.79 Å². The molecule has 0 spiro atoms. The Hall–Kier alpha value is -1.27. The van der Waals surface area contributed by atoms with Gasteiger partial charge in [-0.1, -0.05) is 23.7 Å². The molecule has 0 radical (unpaired) electrons. The van der Waals surface area contributed by atoms with Crippen LogP contribution in [0.15, 0.2) is 42.5 Å². The number of amides is 1. The van der Waals surface area contributed by atoms with Crippen molar-refractivity contribution in [3.8, 4) is 5.75 Å². The third kappa shape index (κ3) is 3.64. The first kappa shape index (κ1) is 15.1. The minimum atomic E-state index is -0.182. The number of hydrogen-bond donors (Lipinski definition) is 1. The van der Waals surface area contributed by atoms with Crippen LogP contribution < -0.4 is 10.1 Å².